The van der Waals surface area contributed by atoms with Crippen molar-refractivity contribution in [3.8, 4) is 0 Å². The Hall–Kier alpha value is -1.12. The number of hydrogen-bond acceptors (Lipinski definition) is 5. The van der Waals surface area contributed by atoms with Gasteiger partial charge in [0.2, 0.25) is 0 Å². The molecule has 4 aliphatic rings. The zero-order valence-electron chi connectivity index (χ0n) is 18.7. The molecule has 5 nitrogen and oxygen atoms in total. The molecular formula is C23H33F3N2O3S. The van der Waals surface area contributed by atoms with Crippen LogP contribution in [0.4, 0.5) is 13.2 Å². The Kier molecular flexibility index (Phi) is 6.44. The van der Waals surface area contributed by atoms with E-state index in [1.54, 1.807) is 11.8 Å². The van der Waals surface area contributed by atoms with E-state index in [4.69, 9.17) is 0 Å². The van der Waals surface area contributed by atoms with E-state index in [1.807, 2.05) is 5.32 Å². The van der Waals surface area contributed by atoms with Crippen molar-refractivity contribution in [1.29, 1.82) is 0 Å². The summed E-state index contributed by atoms with van der Waals surface area (Å²) in [4.78, 5) is 35.5. The number of thioether (sulfide) groups is 1. The number of carbonyl (C=O) groups excluding carboxylic acids is 2. The van der Waals surface area contributed by atoms with Crippen LogP contribution in [-0.2, 0) is 9.59 Å². The molecule has 0 saturated heterocycles. The number of amides is 1. The van der Waals surface area contributed by atoms with E-state index in [1.165, 1.54) is 0 Å². The Morgan fingerprint density at radius 1 is 1.12 bits per heavy atom. The first-order valence-corrected chi connectivity index (χ1v) is 12.9. The minimum Gasteiger partial charge on any atom is -0.347 e. The fraction of sp³-hybridized carbons (Fsp3) is 0.913. The summed E-state index contributed by atoms with van der Waals surface area (Å²) in [5.74, 6) is 0.342. The Morgan fingerprint density at radius 2 is 1.88 bits per heavy atom. The normalized spacial score (nSPS) is 43.7. The van der Waals surface area contributed by atoms with Crippen LogP contribution in [0, 0.1) is 39.4 Å². The maximum absolute atomic E-state index is 12.6. The van der Waals surface area contributed by atoms with Gasteiger partial charge in [0.25, 0.3) is 0 Å². The van der Waals surface area contributed by atoms with Gasteiger partial charge in [-0.25, -0.2) is 0 Å². The first-order valence-electron chi connectivity index (χ1n) is 11.8. The molecule has 180 valence electrons. The smallest absolute Gasteiger partial charge is 0.347 e. The molecule has 4 saturated carbocycles. The summed E-state index contributed by atoms with van der Waals surface area (Å²) < 4.78 is 37.0. The van der Waals surface area contributed by atoms with Crippen molar-refractivity contribution >= 4 is 23.5 Å². The first-order chi connectivity index (χ1) is 15.0. The number of nitroso groups, excluding NO2 is 1. The van der Waals surface area contributed by atoms with E-state index >= 15 is 0 Å². The zero-order chi connectivity index (χ0) is 23.3. The second kappa shape index (κ2) is 8.58. The number of hydrogen-bond donors (Lipinski definition) is 1. The largest absolute Gasteiger partial charge is 0.471 e. The van der Waals surface area contributed by atoms with E-state index in [0.717, 1.165) is 44.9 Å². The lowest BCUT2D eigenvalue weighted by atomic mass is 9.44. The van der Waals surface area contributed by atoms with Crippen molar-refractivity contribution in [1.82, 2.24) is 5.32 Å². The average molecular weight is 475 g/mol. The molecule has 4 fully saturated rings. The molecule has 0 aromatic rings. The van der Waals surface area contributed by atoms with Gasteiger partial charge >= 0.3 is 12.1 Å². The Morgan fingerprint density at radius 3 is 2.56 bits per heavy atom. The highest BCUT2D eigenvalue weighted by molar-refractivity contribution is 7.99. The van der Waals surface area contributed by atoms with Crippen LogP contribution in [0.15, 0.2) is 5.18 Å². The molecular weight excluding hydrogens is 441 g/mol. The van der Waals surface area contributed by atoms with Crippen LogP contribution in [-0.4, -0.2) is 41.5 Å². The van der Waals surface area contributed by atoms with E-state index in [0.29, 0.717) is 35.7 Å². The number of Topliss-reactive ketones (excluding diaryl/α,β-unsaturated/α-hetero) is 1. The lowest BCUT2D eigenvalue weighted by molar-refractivity contribution is -0.173. The maximum Gasteiger partial charge on any atom is 0.471 e. The highest BCUT2D eigenvalue weighted by Gasteiger charge is 2.62. The monoisotopic (exact) mass is 474 g/mol. The van der Waals surface area contributed by atoms with Gasteiger partial charge in [-0.2, -0.15) is 29.8 Å². The molecule has 9 heteroatoms. The molecule has 1 N–H and O–H groups in total. The van der Waals surface area contributed by atoms with Crippen molar-refractivity contribution < 1.29 is 22.8 Å². The molecule has 0 spiro atoms. The average Bonchev–Trinajstić information content (AvgIpc) is 3.04. The SMILES string of the molecule is C[C@]12CC[C@@H](SCCNC(=O)C(F)(F)F)CC1C(N=O)C[C@@H]1[C@@H]2CC[C@]2(C)C(=O)CC[C@@H]12. The molecule has 0 heterocycles. The zero-order valence-corrected chi connectivity index (χ0v) is 19.6. The van der Waals surface area contributed by atoms with Crippen LogP contribution < -0.4 is 5.32 Å². The second-order valence-corrected chi connectivity index (χ2v) is 12.2. The van der Waals surface area contributed by atoms with Crippen molar-refractivity contribution in [3.63, 3.8) is 0 Å². The highest BCUT2D eigenvalue weighted by Crippen LogP contribution is 2.66. The maximum atomic E-state index is 12.6. The van der Waals surface area contributed by atoms with Crippen molar-refractivity contribution in [2.75, 3.05) is 12.3 Å². The van der Waals surface area contributed by atoms with Gasteiger partial charge in [0.15, 0.2) is 0 Å². The predicted octanol–water partition coefficient (Wildman–Crippen LogP) is 5.12. The number of rotatable bonds is 5. The molecule has 0 radical (unpaired) electrons. The molecule has 0 bridgehead atoms. The van der Waals surface area contributed by atoms with Crippen molar-refractivity contribution in [2.24, 2.45) is 39.7 Å². The molecule has 0 aliphatic heterocycles. The summed E-state index contributed by atoms with van der Waals surface area (Å²) in [5, 5.41) is 5.77. The summed E-state index contributed by atoms with van der Waals surface area (Å²) in [6.45, 7) is 4.43. The molecule has 4 rings (SSSR count). The number of halogens is 3. The van der Waals surface area contributed by atoms with Crippen molar-refractivity contribution in [2.45, 2.75) is 82.7 Å². The van der Waals surface area contributed by atoms with E-state index in [9.17, 15) is 27.7 Å². The molecule has 0 aromatic carbocycles. The predicted molar refractivity (Wildman–Crippen MR) is 117 cm³/mol. The lowest BCUT2D eigenvalue weighted by Crippen LogP contribution is -2.57. The van der Waals surface area contributed by atoms with Crippen LogP contribution >= 0.6 is 11.8 Å². The van der Waals surface area contributed by atoms with Gasteiger partial charge in [-0.1, -0.05) is 19.0 Å². The first kappa shape index (κ1) is 24.0. The second-order valence-electron chi connectivity index (χ2n) is 10.8. The van der Waals surface area contributed by atoms with Gasteiger partial charge in [0.1, 0.15) is 5.78 Å². The van der Waals surface area contributed by atoms with E-state index in [-0.39, 0.29) is 34.6 Å². The summed E-state index contributed by atoms with van der Waals surface area (Å²) in [6, 6.07) is -0.257. The third-order valence-electron chi connectivity index (χ3n) is 9.47. The number of fused-ring (bicyclic) bond motifs is 5. The summed E-state index contributed by atoms with van der Waals surface area (Å²) in [6.07, 6.45) is 2.27. The van der Waals surface area contributed by atoms with Crippen LogP contribution in [0.2, 0.25) is 0 Å². The minimum atomic E-state index is -4.85. The Balaban J connectivity index is 1.40. The van der Waals surface area contributed by atoms with E-state index < -0.39 is 12.1 Å². The summed E-state index contributed by atoms with van der Waals surface area (Å²) >= 11 is 1.59. The van der Waals surface area contributed by atoms with Crippen LogP contribution in [0.3, 0.4) is 0 Å². The lowest BCUT2D eigenvalue weighted by Gasteiger charge is -2.61. The summed E-state index contributed by atoms with van der Waals surface area (Å²) in [7, 11) is 0. The van der Waals surface area contributed by atoms with Gasteiger partial charge in [-0.05, 0) is 74.0 Å². The fourth-order valence-electron chi connectivity index (χ4n) is 7.79. The van der Waals surface area contributed by atoms with E-state index in [2.05, 4.69) is 19.0 Å². The molecule has 1 amide bonds. The minimum absolute atomic E-state index is 0.0181. The van der Waals surface area contributed by atoms with Crippen LogP contribution in [0.1, 0.15) is 65.2 Å². The number of alkyl halides is 3. The molecule has 2 unspecified atom stereocenters. The van der Waals surface area contributed by atoms with Gasteiger partial charge in [-0.15, -0.1) is 0 Å². The number of nitrogens with one attached hydrogen (secondary N) is 1. The van der Waals surface area contributed by atoms with Crippen LogP contribution in [0.5, 0.6) is 0 Å². The summed E-state index contributed by atoms with van der Waals surface area (Å²) in [5.41, 5.74) is -0.207. The number of carbonyl (C=O) groups is 2. The van der Waals surface area contributed by atoms with Gasteiger partial charge < -0.3 is 5.32 Å². The van der Waals surface area contributed by atoms with Gasteiger partial charge in [0.05, 0.1) is 6.04 Å². The molecule has 8 atom stereocenters. The standard InChI is InChI=1S/C23H33F3N2O3S/c1-21-7-5-13(32-10-9-27-20(30)23(24,25)26)11-17(21)18(28-31)12-14-15-3-4-19(29)22(15,2)8-6-16(14)21/h13-18H,3-12H2,1-2H3,(H,27,30)/t13-,14+,15+,16+,17?,18?,21-,22+/m1/s1. The van der Waals surface area contributed by atoms with Crippen molar-refractivity contribution in [3.05, 3.63) is 4.91 Å². The van der Waals surface area contributed by atoms with Gasteiger partial charge in [0, 0.05) is 29.4 Å². The number of nitrogens with zero attached hydrogens (tertiary/aromatic N) is 1. The molecule has 4 aliphatic carbocycles. The third-order valence-corrected chi connectivity index (χ3v) is 10.8. The number of ketones is 1. The molecule has 32 heavy (non-hydrogen) atoms. The Bertz CT molecular complexity index is 778. The quantitative estimate of drug-likeness (QED) is 0.443. The third kappa shape index (κ3) is 4.00. The Labute approximate surface area is 191 Å². The van der Waals surface area contributed by atoms with Crippen LogP contribution in [0.25, 0.3) is 0 Å². The molecule has 0 aromatic heterocycles. The highest BCUT2D eigenvalue weighted by atomic mass is 32.2. The van der Waals surface area contributed by atoms with Gasteiger partial charge in [-0.3, -0.25) is 9.59 Å². The topological polar surface area (TPSA) is 75.6 Å². The fourth-order valence-corrected chi connectivity index (χ4v) is 8.97.